The summed E-state index contributed by atoms with van der Waals surface area (Å²) in [6.07, 6.45) is 0. The summed E-state index contributed by atoms with van der Waals surface area (Å²) in [5.74, 6) is -1.75. The number of hydrogen-bond donors (Lipinski definition) is 0. The standard InChI is InChI=1S/C24H22F2N2O4S/c25-21-7-4-8-22(26)23(21)33(30,31)28-15-13-27(14-16-28)24(29)19-11-9-18(10-12-19)17-32-20-5-2-1-3-6-20/h1-12H,13-17H2. The number of carbonyl (C=O) groups excluding carboxylic acids is 1. The van der Waals surface area contributed by atoms with Crippen LogP contribution in [0.25, 0.3) is 0 Å². The number of halogens is 2. The van der Waals surface area contributed by atoms with Crippen LogP contribution < -0.4 is 4.74 Å². The van der Waals surface area contributed by atoms with Gasteiger partial charge in [-0.05, 0) is 42.0 Å². The van der Waals surface area contributed by atoms with Crippen molar-refractivity contribution >= 4 is 15.9 Å². The molecule has 0 aliphatic carbocycles. The van der Waals surface area contributed by atoms with Crippen LogP contribution in [0.3, 0.4) is 0 Å². The predicted octanol–water partition coefficient (Wildman–Crippen LogP) is 3.69. The fourth-order valence-electron chi connectivity index (χ4n) is 3.60. The van der Waals surface area contributed by atoms with E-state index in [4.69, 9.17) is 4.74 Å². The molecule has 0 unspecified atom stereocenters. The first kappa shape index (κ1) is 22.9. The van der Waals surface area contributed by atoms with Crippen molar-refractivity contribution < 1.29 is 26.7 Å². The SMILES string of the molecule is O=C(c1ccc(COc2ccccc2)cc1)N1CCN(S(=O)(=O)c2c(F)cccc2F)CC1. The van der Waals surface area contributed by atoms with Crippen LogP contribution in [-0.4, -0.2) is 49.7 Å². The van der Waals surface area contributed by atoms with Crippen LogP contribution in [0.1, 0.15) is 15.9 Å². The number of amides is 1. The smallest absolute Gasteiger partial charge is 0.253 e. The first-order valence-corrected chi connectivity index (χ1v) is 11.8. The molecule has 0 N–H and O–H groups in total. The summed E-state index contributed by atoms with van der Waals surface area (Å²) in [5.41, 5.74) is 1.37. The molecule has 4 rings (SSSR count). The lowest BCUT2D eigenvalue weighted by Crippen LogP contribution is -2.50. The van der Waals surface area contributed by atoms with E-state index in [1.807, 2.05) is 30.3 Å². The van der Waals surface area contributed by atoms with Crippen molar-refractivity contribution in [1.82, 2.24) is 9.21 Å². The fraction of sp³-hybridized carbons (Fsp3) is 0.208. The van der Waals surface area contributed by atoms with Crippen LogP contribution in [0.5, 0.6) is 5.75 Å². The lowest BCUT2D eigenvalue weighted by Gasteiger charge is -2.34. The van der Waals surface area contributed by atoms with Gasteiger partial charge in [-0.1, -0.05) is 36.4 Å². The molecule has 1 aliphatic rings. The average molecular weight is 473 g/mol. The van der Waals surface area contributed by atoms with Gasteiger partial charge in [0, 0.05) is 31.7 Å². The summed E-state index contributed by atoms with van der Waals surface area (Å²) in [6.45, 7) is 0.497. The molecule has 0 atom stereocenters. The van der Waals surface area contributed by atoms with Crippen LogP contribution >= 0.6 is 0 Å². The molecule has 0 bridgehead atoms. The van der Waals surface area contributed by atoms with Crippen molar-refractivity contribution in [2.75, 3.05) is 26.2 Å². The minimum Gasteiger partial charge on any atom is -0.489 e. The highest BCUT2D eigenvalue weighted by Crippen LogP contribution is 2.24. The molecular weight excluding hydrogens is 450 g/mol. The minimum atomic E-state index is -4.34. The van der Waals surface area contributed by atoms with Gasteiger partial charge in [0.25, 0.3) is 5.91 Å². The van der Waals surface area contributed by atoms with E-state index in [0.717, 1.165) is 33.8 Å². The largest absolute Gasteiger partial charge is 0.489 e. The monoisotopic (exact) mass is 472 g/mol. The van der Waals surface area contributed by atoms with Gasteiger partial charge in [0.2, 0.25) is 10.0 Å². The highest BCUT2D eigenvalue weighted by Gasteiger charge is 2.34. The van der Waals surface area contributed by atoms with E-state index in [2.05, 4.69) is 0 Å². The first-order valence-electron chi connectivity index (χ1n) is 10.4. The van der Waals surface area contributed by atoms with E-state index in [1.54, 1.807) is 24.3 Å². The van der Waals surface area contributed by atoms with E-state index in [1.165, 1.54) is 4.90 Å². The molecule has 0 aromatic heterocycles. The quantitative estimate of drug-likeness (QED) is 0.549. The number of piperazine rings is 1. The lowest BCUT2D eigenvalue weighted by atomic mass is 10.1. The maximum atomic E-state index is 14.0. The topological polar surface area (TPSA) is 66.9 Å². The van der Waals surface area contributed by atoms with Gasteiger partial charge >= 0.3 is 0 Å². The molecule has 172 valence electrons. The Kier molecular flexibility index (Phi) is 6.71. The summed E-state index contributed by atoms with van der Waals surface area (Å²) in [7, 11) is -4.34. The maximum Gasteiger partial charge on any atom is 0.253 e. The highest BCUT2D eigenvalue weighted by molar-refractivity contribution is 7.89. The minimum absolute atomic E-state index is 0.0507. The summed E-state index contributed by atoms with van der Waals surface area (Å²) in [4.78, 5) is 13.4. The van der Waals surface area contributed by atoms with Crippen LogP contribution in [0.2, 0.25) is 0 Å². The number of rotatable bonds is 6. The van der Waals surface area contributed by atoms with Crippen molar-refractivity contribution in [1.29, 1.82) is 0 Å². The van der Waals surface area contributed by atoms with Crippen LogP contribution in [-0.2, 0) is 16.6 Å². The van der Waals surface area contributed by atoms with E-state index < -0.39 is 26.6 Å². The van der Waals surface area contributed by atoms with Gasteiger partial charge < -0.3 is 9.64 Å². The number of sulfonamides is 1. The van der Waals surface area contributed by atoms with Gasteiger partial charge in [0.1, 0.15) is 24.0 Å². The average Bonchev–Trinajstić information content (AvgIpc) is 2.83. The molecule has 33 heavy (non-hydrogen) atoms. The van der Waals surface area contributed by atoms with Gasteiger partial charge in [-0.3, -0.25) is 4.79 Å². The molecule has 1 amide bonds. The van der Waals surface area contributed by atoms with Crippen LogP contribution in [0.4, 0.5) is 8.78 Å². The Morgan fingerprint density at radius 2 is 1.42 bits per heavy atom. The van der Waals surface area contributed by atoms with Gasteiger partial charge in [-0.2, -0.15) is 4.31 Å². The van der Waals surface area contributed by atoms with Crippen molar-refractivity contribution in [3.63, 3.8) is 0 Å². The van der Waals surface area contributed by atoms with Crippen molar-refractivity contribution in [3.05, 3.63) is 95.6 Å². The summed E-state index contributed by atoms with van der Waals surface area (Å²) in [6, 6.07) is 19.3. The molecule has 1 aliphatic heterocycles. The highest BCUT2D eigenvalue weighted by atomic mass is 32.2. The molecule has 9 heteroatoms. The molecule has 3 aromatic carbocycles. The molecule has 1 heterocycles. The molecule has 1 saturated heterocycles. The number of ether oxygens (including phenoxy) is 1. The number of nitrogens with zero attached hydrogens (tertiary/aromatic N) is 2. The van der Waals surface area contributed by atoms with Crippen molar-refractivity contribution in [3.8, 4) is 5.75 Å². The second-order valence-corrected chi connectivity index (χ2v) is 9.42. The van der Waals surface area contributed by atoms with Gasteiger partial charge in [0.15, 0.2) is 4.90 Å². The summed E-state index contributed by atoms with van der Waals surface area (Å²) < 4.78 is 60.1. The van der Waals surface area contributed by atoms with Gasteiger partial charge in [-0.15, -0.1) is 0 Å². The molecule has 0 spiro atoms. The van der Waals surface area contributed by atoms with Crippen molar-refractivity contribution in [2.24, 2.45) is 0 Å². The summed E-state index contributed by atoms with van der Waals surface area (Å²) in [5, 5.41) is 0. The molecule has 6 nitrogen and oxygen atoms in total. The molecule has 0 saturated carbocycles. The number of benzene rings is 3. The van der Waals surface area contributed by atoms with E-state index in [9.17, 15) is 22.0 Å². The Morgan fingerprint density at radius 1 is 0.818 bits per heavy atom. The van der Waals surface area contributed by atoms with Crippen LogP contribution in [0.15, 0.2) is 77.7 Å². The third-order valence-corrected chi connectivity index (χ3v) is 7.34. The number of hydrogen-bond acceptors (Lipinski definition) is 4. The normalized spacial score (nSPS) is 14.8. The lowest BCUT2D eigenvalue weighted by molar-refractivity contribution is 0.0697. The zero-order valence-corrected chi connectivity index (χ0v) is 18.5. The second kappa shape index (κ2) is 9.68. The molecular formula is C24H22F2N2O4S. The number of para-hydroxylation sites is 1. The Morgan fingerprint density at radius 3 is 2.03 bits per heavy atom. The first-order chi connectivity index (χ1) is 15.9. The molecule has 1 fully saturated rings. The Hall–Kier alpha value is -3.30. The van der Waals surface area contributed by atoms with Crippen molar-refractivity contribution in [2.45, 2.75) is 11.5 Å². The number of carbonyl (C=O) groups is 1. The Bertz CT molecular complexity index is 1210. The third kappa shape index (κ3) is 5.04. The molecule has 3 aromatic rings. The van der Waals surface area contributed by atoms with E-state index in [-0.39, 0.29) is 32.1 Å². The van der Waals surface area contributed by atoms with E-state index in [0.29, 0.717) is 12.2 Å². The third-order valence-electron chi connectivity index (χ3n) is 5.39. The predicted molar refractivity (Wildman–Crippen MR) is 118 cm³/mol. The Balaban J connectivity index is 1.36. The molecule has 0 radical (unpaired) electrons. The maximum absolute atomic E-state index is 14.0. The second-order valence-electron chi connectivity index (χ2n) is 7.55. The van der Waals surface area contributed by atoms with Gasteiger partial charge in [-0.25, -0.2) is 17.2 Å². The van der Waals surface area contributed by atoms with Gasteiger partial charge in [0.05, 0.1) is 0 Å². The van der Waals surface area contributed by atoms with E-state index >= 15 is 0 Å². The Labute approximate surface area is 191 Å². The zero-order chi connectivity index (χ0) is 23.4. The summed E-state index contributed by atoms with van der Waals surface area (Å²) >= 11 is 0. The zero-order valence-electron chi connectivity index (χ0n) is 17.7. The fourth-order valence-corrected chi connectivity index (χ4v) is 5.13. The van der Waals surface area contributed by atoms with Crippen LogP contribution in [0, 0.1) is 11.6 Å².